The molecule has 1 saturated heterocycles. The molecule has 1 atom stereocenters. The number of hydrogen-bond donors (Lipinski definition) is 2. The maximum absolute atomic E-state index is 12.9. The number of nitrogens with one attached hydrogen (secondary N) is 2. The van der Waals surface area contributed by atoms with E-state index in [1.807, 2.05) is 49.4 Å². The van der Waals surface area contributed by atoms with Crippen molar-refractivity contribution in [1.82, 2.24) is 10.2 Å². The van der Waals surface area contributed by atoms with E-state index in [1.165, 1.54) is 0 Å². The molecule has 2 N–H and O–H groups in total. The van der Waals surface area contributed by atoms with E-state index < -0.39 is 0 Å². The van der Waals surface area contributed by atoms with Gasteiger partial charge in [-0.15, -0.1) is 0 Å². The number of rotatable bonds is 6. The lowest BCUT2D eigenvalue weighted by Crippen LogP contribution is -2.50. The average Bonchev–Trinajstić information content (AvgIpc) is 3.60. The first-order valence-electron chi connectivity index (χ1n) is 10.6. The molecular formula is C24H29N3O2. The number of likely N-dealkylation sites (tertiary alicyclic amines) is 1. The molecule has 0 aromatic heterocycles. The zero-order valence-corrected chi connectivity index (χ0v) is 16.9. The molecular weight excluding hydrogens is 362 g/mol. The molecule has 1 aliphatic heterocycles. The molecule has 0 radical (unpaired) electrons. The molecule has 1 aliphatic carbocycles. The van der Waals surface area contributed by atoms with Gasteiger partial charge in [0, 0.05) is 36.3 Å². The lowest BCUT2D eigenvalue weighted by Gasteiger charge is -2.35. The van der Waals surface area contributed by atoms with E-state index in [-0.39, 0.29) is 29.8 Å². The largest absolute Gasteiger partial charge is 0.353 e. The van der Waals surface area contributed by atoms with Crippen LogP contribution in [0.3, 0.4) is 0 Å². The smallest absolute Gasteiger partial charge is 0.241 e. The van der Waals surface area contributed by atoms with Gasteiger partial charge in [-0.05, 0) is 44.2 Å². The van der Waals surface area contributed by atoms with Crippen molar-refractivity contribution in [2.24, 2.45) is 5.92 Å². The standard InChI is InChI=1S/C24H29N3O2/c1-17(27-15-13-20(14-16-27)25-24(29)19-11-12-19)23(28)26-22-10-6-5-9-21(22)18-7-3-2-4-8-18/h2-10,17,19-20H,11-16H2,1H3,(H,25,29)(H,26,28). The topological polar surface area (TPSA) is 61.4 Å². The maximum atomic E-state index is 12.9. The highest BCUT2D eigenvalue weighted by molar-refractivity contribution is 5.98. The summed E-state index contributed by atoms with van der Waals surface area (Å²) in [5.74, 6) is 0.475. The van der Waals surface area contributed by atoms with Crippen molar-refractivity contribution < 1.29 is 9.59 Å². The highest BCUT2D eigenvalue weighted by Gasteiger charge is 2.33. The third kappa shape index (κ3) is 4.85. The summed E-state index contributed by atoms with van der Waals surface area (Å²) >= 11 is 0. The minimum atomic E-state index is -0.209. The Balaban J connectivity index is 1.34. The molecule has 29 heavy (non-hydrogen) atoms. The fourth-order valence-corrected chi connectivity index (χ4v) is 3.96. The Hall–Kier alpha value is -2.66. The van der Waals surface area contributed by atoms with E-state index in [9.17, 15) is 9.59 Å². The number of piperidine rings is 1. The molecule has 2 fully saturated rings. The van der Waals surface area contributed by atoms with E-state index in [1.54, 1.807) is 0 Å². The van der Waals surface area contributed by atoms with Crippen molar-refractivity contribution in [3.63, 3.8) is 0 Å². The molecule has 4 rings (SSSR count). The quantitative estimate of drug-likeness (QED) is 0.790. The van der Waals surface area contributed by atoms with Crippen LogP contribution in [0.25, 0.3) is 11.1 Å². The number of amides is 2. The molecule has 2 aromatic carbocycles. The number of anilines is 1. The fraction of sp³-hybridized carbons (Fsp3) is 0.417. The van der Waals surface area contributed by atoms with Gasteiger partial charge in [0.1, 0.15) is 0 Å². The Morgan fingerprint density at radius 1 is 0.931 bits per heavy atom. The molecule has 0 bridgehead atoms. The third-order valence-corrected chi connectivity index (χ3v) is 6.02. The van der Waals surface area contributed by atoms with Gasteiger partial charge in [0.05, 0.1) is 6.04 Å². The predicted octanol–water partition coefficient (Wildman–Crippen LogP) is 3.67. The Morgan fingerprint density at radius 2 is 1.59 bits per heavy atom. The van der Waals surface area contributed by atoms with Crippen LogP contribution in [0.1, 0.15) is 32.6 Å². The first-order chi connectivity index (χ1) is 14.1. The summed E-state index contributed by atoms with van der Waals surface area (Å²) in [7, 11) is 0. The van der Waals surface area contributed by atoms with Gasteiger partial charge >= 0.3 is 0 Å². The summed E-state index contributed by atoms with van der Waals surface area (Å²) in [6.45, 7) is 3.61. The molecule has 2 amide bonds. The van der Waals surface area contributed by atoms with E-state index in [2.05, 4.69) is 27.7 Å². The van der Waals surface area contributed by atoms with Crippen LogP contribution in [0.2, 0.25) is 0 Å². The van der Waals surface area contributed by atoms with Crippen molar-refractivity contribution in [2.75, 3.05) is 18.4 Å². The molecule has 1 saturated carbocycles. The van der Waals surface area contributed by atoms with Gasteiger partial charge in [0.15, 0.2) is 0 Å². The van der Waals surface area contributed by atoms with E-state index in [0.717, 1.165) is 55.6 Å². The lowest BCUT2D eigenvalue weighted by atomic mass is 10.0. The minimum absolute atomic E-state index is 0.00819. The van der Waals surface area contributed by atoms with Crippen LogP contribution < -0.4 is 10.6 Å². The van der Waals surface area contributed by atoms with Crippen LogP contribution in [0, 0.1) is 5.92 Å². The van der Waals surface area contributed by atoms with Crippen molar-refractivity contribution >= 4 is 17.5 Å². The van der Waals surface area contributed by atoms with Crippen molar-refractivity contribution in [1.29, 1.82) is 0 Å². The number of carbonyl (C=O) groups is 2. The molecule has 0 spiro atoms. The number of hydrogen-bond acceptors (Lipinski definition) is 3. The number of nitrogens with zero attached hydrogens (tertiary/aromatic N) is 1. The van der Waals surface area contributed by atoms with Gasteiger partial charge in [-0.2, -0.15) is 0 Å². The van der Waals surface area contributed by atoms with Crippen molar-refractivity contribution in [3.8, 4) is 11.1 Å². The van der Waals surface area contributed by atoms with E-state index in [0.29, 0.717) is 0 Å². The molecule has 1 unspecified atom stereocenters. The zero-order valence-electron chi connectivity index (χ0n) is 16.9. The Kier molecular flexibility index (Phi) is 5.95. The van der Waals surface area contributed by atoms with E-state index in [4.69, 9.17) is 0 Å². The monoisotopic (exact) mass is 391 g/mol. The summed E-state index contributed by atoms with van der Waals surface area (Å²) in [5, 5.41) is 6.29. The fourth-order valence-electron chi connectivity index (χ4n) is 3.96. The maximum Gasteiger partial charge on any atom is 0.241 e. The summed E-state index contributed by atoms with van der Waals surface area (Å²) in [4.78, 5) is 27.1. The molecule has 1 heterocycles. The summed E-state index contributed by atoms with van der Waals surface area (Å²) in [5.41, 5.74) is 2.94. The average molecular weight is 392 g/mol. The highest BCUT2D eigenvalue weighted by atomic mass is 16.2. The van der Waals surface area contributed by atoms with Gasteiger partial charge in [-0.1, -0.05) is 48.5 Å². The van der Waals surface area contributed by atoms with Crippen molar-refractivity contribution in [3.05, 3.63) is 54.6 Å². The molecule has 5 heteroatoms. The first-order valence-corrected chi connectivity index (χ1v) is 10.6. The second-order valence-corrected chi connectivity index (χ2v) is 8.17. The van der Waals surface area contributed by atoms with Crippen molar-refractivity contribution in [2.45, 2.75) is 44.7 Å². The Labute approximate surface area is 172 Å². The van der Waals surface area contributed by atoms with Crippen LogP contribution in [0.5, 0.6) is 0 Å². The Morgan fingerprint density at radius 3 is 2.28 bits per heavy atom. The zero-order chi connectivity index (χ0) is 20.2. The second-order valence-electron chi connectivity index (χ2n) is 8.17. The van der Waals surface area contributed by atoms with Crippen LogP contribution >= 0.6 is 0 Å². The van der Waals surface area contributed by atoms with Gasteiger partial charge in [0.2, 0.25) is 11.8 Å². The van der Waals surface area contributed by atoms with Crippen LogP contribution in [0.4, 0.5) is 5.69 Å². The molecule has 2 aliphatic rings. The number of carbonyl (C=O) groups excluding carboxylic acids is 2. The minimum Gasteiger partial charge on any atom is -0.353 e. The van der Waals surface area contributed by atoms with E-state index >= 15 is 0 Å². The van der Waals surface area contributed by atoms with Gasteiger partial charge < -0.3 is 10.6 Å². The first kappa shape index (κ1) is 19.6. The van der Waals surface area contributed by atoms with Crippen LogP contribution in [0.15, 0.2) is 54.6 Å². The molecule has 5 nitrogen and oxygen atoms in total. The van der Waals surface area contributed by atoms with Gasteiger partial charge in [-0.25, -0.2) is 0 Å². The molecule has 2 aromatic rings. The van der Waals surface area contributed by atoms with Crippen LogP contribution in [-0.4, -0.2) is 41.9 Å². The summed E-state index contributed by atoms with van der Waals surface area (Å²) in [6.07, 6.45) is 3.87. The predicted molar refractivity (Wildman–Crippen MR) is 115 cm³/mol. The second kappa shape index (κ2) is 8.78. The third-order valence-electron chi connectivity index (χ3n) is 6.02. The van der Waals surface area contributed by atoms with Gasteiger partial charge in [0.25, 0.3) is 0 Å². The molecule has 152 valence electrons. The number of para-hydroxylation sites is 1. The highest BCUT2D eigenvalue weighted by Crippen LogP contribution is 2.30. The van der Waals surface area contributed by atoms with Gasteiger partial charge in [-0.3, -0.25) is 14.5 Å². The summed E-state index contributed by atoms with van der Waals surface area (Å²) < 4.78 is 0. The normalized spacial score (nSPS) is 18.8. The van der Waals surface area contributed by atoms with Crippen LogP contribution in [-0.2, 0) is 9.59 Å². The SMILES string of the molecule is CC(C(=O)Nc1ccccc1-c1ccccc1)N1CCC(NC(=O)C2CC2)CC1. The Bertz CT molecular complexity index is 855. The number of benzene rings is 2. The summed E-state index contributed by atoms with van der Waals surface area (Å²) in [6, 6.07) is 18.0. The lowest BCUT2D eigenvalue weighted by molar-refractivity contribution is -0.124.